The van der Waals surface area contributed by atoms with E-state index in [-0.39, 0.29) is 17.7 Å². The van der Waals surface area contributed by atoms with Crippen molar-refractivity contribution in [3.8, 4) is 11.5 Å². The van der Waals surface area contributed by atoms with Crippen LogP contribution in [0.15, 0.2) is 48.5 Å². The molecule has 0 saturated heterocycles. The second-order valence-corrected chi connectivity index (χ2v) is 4.99. The minimum atomic E-state index is -0.611. The van der Waals surface area contributed by atoms with Crippen molar-refractivity contribution in [2.45, 2.75) is 0 Å². The molecule has 0 unspecified atom stereocenters. The summed E-state index contributed by atoms with van der Waals surface area (Å²) in [5.74, 6) is -0.603. The number of imide groups is 1. The average molecular weight is 326 g/mol. The molecule has 0 aromatic heterocycles. The van der Waals surface area contributed by atoms with E-state index in [2.05, 4.69) is 5.43 Å². The van der Waals surface area contributed by atoms with E-state index >= 15 is 0 Å². The van der Waals surface area contributed by atoms with Gasteiger partial charge >= 0.3 is 0 Å². The van der Waals surface area contributed by atoms with Crippen molar-refractivity contribution < 1.29 is 23.9 Å². The van der Waals surface area contributed by atoms with Crippen LogP contribution in [-0.2, 0) is 4.79 Å². The number of rotatable bonds is 5. The van der Waals surface area contributed by atoms with Crippen LogP contribution in [-0.4, -0.2) is 36.4 Å². The molecule has 3 rings (SSSR count). The first-order valence-corrected chi connectivity index (χ1v) is 7.14. The Morgan fingerprint density at radius 2 is 1.50 bits per heavy atom. The predicted octanol–water partition coefficient (Wildman–Crippen LogP) is 1.40. The van der Waals surface area contributed by atoms with Crippen LogP contribution in [0.25, 0.3) is 0 Å². The van der Waals surface area contributed by atoms with E-state index in [9.17, 15) is 14.4 Å². The van der Waals surface area contributed by atoms with Crippen molar-refractivity contribution in [1.82, 2.24) is 10.4 Å². The number of benzene rings is 2. The molecule has 122 valence electrons. The number of methoxy groups -OCH3 is 1. The number of hydrogen-bond donors (Lipinski definition) is 1. The van der Waals surface area contributed by atoms with E-state index in [1.165, 1.54) is 12.1 Å². The first kappa shape index (κ1) is 15.5. The van der Waals surface area contributed by atoms with Crippen molar-refractivity contribution in [2.24, 2.45) is 0 Å². The van der Waals surface area contributed by atoms with Gasteiger partial charge in [-0.3, -0.25) is 19.8 Å². The lowest BCUT2D eigenvalue weighted by Crippen LogP contribution is -2.47. The third-order valence-electron chi connectivity index (χ3n) is 3.46. The van der Waals surface area contributed by atoms with Gasteiger partial charge in [0.2, 0.25) is 0 Å². The summed E-state index contributed by atoms with van der Waals surface area (Å²) in [4.78, 5) is 36.2. The molecule has 0 atom stereocenters. The number of carbonyl (C=O) groups is 3. The maximum atomic E-state index is 12.1. The predicted molar refractivity (Wildman–Crippen MR) is 83.6 cm³/mol. The summed E-state index contributed by atoms with van der Waals surface area (Å²) in [6, 6.07) is 13.1. The molecule has 1 aliphatic rings. The Kier molecular flexibility index (Phi) is 4.15. The molecule has 0 spiro atoms. The zero-order valence-corrected chi connectivity index (χ0v) is 12.8. The smallest absolute Gasteiger partial charge is 0.280 e. The van der Waals surface area contributed by atoms with Gasteiger partial charge in [-0.2, -0.15) is 5.01 Å². The lowest BCUT2D eigenvalue weighted by Gasteiger charge is -2.15. The zero-order valence-electron chi connectivity index (χ0n) is 12.8. The average Bonchev–Trinajstić information content (AvgIpc) is 2.86. The number of carbonyl (C=O) groups excluding carboxylic acids is 3. The van der Waals surface area contributed by atoms with Gasteiger partial charge in [-0.1, -0.05) is 12.1 Å². The largest absolute Gasteiger partial charge is 0.497 e. The van der Waals surface area contributed by atoms with Crippen molar-refractivity contribution in [2.75, 3.05) is 13.7 Å². The first-order chi connectivity index (χ1) is 11.6. The molecule has 2 aromatic rings. The third-order valence-corrected chi connectivity index (χ3v) is 3.46. The van der Waals surface area contributed by atoms with E-state index in [1.807, 2.05) is 0 Å². The molecule has 0 bridgehead atoms. The van der Waals surface area contributed by atoms with Crippen LogP contribution in [0.2, 0.25) is 0 Å². The van der Waals surface area contributed by atoms with Crippen LogP contribution in [0.3, 0.4) is 0 Å². The molecule has 2 aromatic carbocycles. The molecule has 7 nitrogen and oxygen atoms in total. The molecule has 0 saturated carbocycles. The fourth-order valence-corrected chi connectivity index (χ4v) is 2.27. The molecular weight excluding hydrogens is 312 g/mol. The minimum absolute atomic E-state index is 0.263. The van der Waals surface area contributed by atoms with E-state index in [4.69, 9.17) is 9.47 Å². The van der Waals surface area contributed by atoms with Gasteiger partial charge in [0.15, 0.2) is 6.61 Å². The van der Waals surface area contributed by atoms with Crippen LogP contribution < -0.4 is 14.9 Å². The summed E-state index contributed by atoms with van der Waals surface area (Å²) in [6.45, 7) is -0.334. The highest BCUT2D eigenvalue weighted by molar-refractivity contribution is 6.21. The normalized spacial score (nSPS) is 12.8. The quantitative estimate of drug-likeness (QED) is 0.840. The third kappa shape index (κ3) is 2.91. The summed E-state index contributed by atoms with van der Waals surface area (Å²) in [5.41, 5.74) is 2.79. The number of nitrogens with zero attached hydrogens (tertiary/aromatic N) is 1. The Bertz CT molecular complexity index is 766. The Hall–Kier alpha value is -3.35. The van der Waals surface area contributed by atoms with Gasteiger partial charge in [0.1, 0.15) is 11.5 Å². The van der Waals surface area contributed by atoms with Crippen molar-refractivity contribution in [3.05, 3.63) is 59.7 Å². The zero-order chi connectivity index (χ0) is 17.1. The van der Waals surface area contributed by atoms with Crippen LogP contribution in [0.4, 0.5) is 0 Å². The summed E-state index contributed by atoms with van der Waals surface area (Å²) in [5, 5.41) is 0.699. The van der Waals surface area contributed by atoms with Gasteiger partial charge in [0.25, 0.3) is 17.7 Å². The SMILES string of the molecule is COc1ccc(OCC(=O)NN2C(=O)c3ccccc3C2=O)cc1. The van der Waals surface area contributed by atoms with E-state index in [0.29, 0.717) is 16.5 Å². The van der Waals surface area contributed by atoms with E-state index in [1.54, 1.807) is 43.5 Å². The number of nitrogens with one attached hydrogen (secondary N) is 1. The summed E-state index contributed by atoms with van der Waals surface area (Å²) >= 11 is 0. The van der Waals surface area contributed by atoms with Gasteiger partial charge < -0.3 is 9.47 Å². The molecule has 7 heteroatoms. The Balaban J connectivity index is 1.59. The van der Waals surface area contributed by atoms with Crippen LogP contribution in [0.5, 0.6) is 11.5 Å². The highest BCUT2D eigenvalue weighted by Crippen LogP contribution is 2.21. The summed E-state index contributed by atoms with van der Waals surface area (Å²) < 4.78 is 10.3. The summed E-state index contributed by atoms with van der Waals surface area (Å²) in [7, 11) is 1.55. The first-order valence-electron chi connectivity index (χ1n) is 7.14. The fraction of sp³-hybridized carbons (Fsp3) is 0.118. The van der Waals surface area contributed by atoms with E-state index in [0.717, 1.165) is 0 Å². The van der Waals surface area contributed by atoms with Gasteiger partial charge in [-0.05, 0) is 36.4 Å². The van der Waals surface area contributed by atoms with Gasteiger partial charge in [-0.25, -0.2) is 0 Å². The van der Waals surface area contributed by atoms with Gasteiger partial charge in [0, 0.05) is 0 Å². The second-order valence-electron chi connectivity index (χ2n) is 4.99. The molecule has 3 amide bonds. The molecule has 0 fully saturated rings. The topological polar surface area (TPSA) is 84.9 Å². The number of hydrogen-bond acceptors (Lipinski definition) is 5. The molecule has 1 N–H and O–H groups in total. The van der Waals surface area contributed by atoms with Crippen LogP contribution >= 0.6 is 0 Å². The molecule has 0 aliphatic carbocycles. The van der Waals surface area contributed by atoms with Crippen LogP contribution in [0, 0.1) is 0 Å². The molecule has 1 heterocycles. The van der Waals surface area contributed by atoms with Crippen LogP contribution in [0.1, 0.15) is 20.7 Å². The number of amides is 3. The highest BCUT2D eigenvalue weighted by Gasteiger charge is 2.36. The molecule has 0 radical (unpaired) electrons. The minimum Gasteiger partial charge on any atom is -0.497 e. The Morgan fingerprint density at radius 3 is 2.04 bits per heavy atom. The maximum absolute atomic E-state index is 12.1. The van der Waals surface area contributed by atoms with Gasteiger partial charge in [-0.15, -0.1) is 0 Å². The lowest BCUT2D eigenvalue weighted by atomic mass is 10.1. The Morgan fingerprint density at radius 1 is 0.958 bits per heavy atom. The molecule has 24 heavy (non-hydrogen) atoms. The van der Waals surface area contributed by atoms with Gasteiger partial charge in [0.05, 0.1) is 18.2 Å². The maximum Gasteiger partial charge on any atom is 0.280 e. The van der Waals surface area contributed by atoms with Crippen molar-refractivity contribution in [3.63, 3.8) is 0 Å². The highest BCUT2D eigenvalue weighted by atomic mass is 16.5. The number of hydrazine groups is 1. The second kappa shape index (κ2) is 6.41. The number of fused-ring (bicyclic) bond motifs is 1. The lowest BCUT2D eigenvalue weighted by molar-refractivity contribution is -0.126. The monoisotopic (exact) mass is 326 g/mol. The van der Waals surface area contributed by atoms with Crippen molar-refractivity contribution >= 4 is 17.7 Å². The van der Waals surface area contributed by atoms with E-state index < -0.39 is 17.7 Å². The molecular formula is C17H14N2O5. The molecule has 1 aliphatic heterocycles. The fourth-order valence-electron chi connectivity index (χ4n) is 2.27. The summed E-state index contributed by atoms with van der Waals surface area (Å²) in [6.07, 6.45) is 0. The standard InChI is InChI=1S/C17H14N2O5/c1-23-11-6-8-12(9-7-11)24-10-15(20)18-19-16(21)13-4-2-3-5-14(13)17(19)22/h2-9H,10H2,1H3,(H,18,20). The Labute approximate surface area is 137 Å². The number of ether oxygens (including phenoxy) is 2. The van der Waals surface area contributed by atoms with Crippen molar-refractivity contribution in [1.29, 1.82) is 0 Å².